The van der Waals surface area contributed by atoms with E-state index in [-0.39, 0.29) is 0 Å². The second kappa shape index (κ2) is 5.30. The van der Waals surface area contributed by atoms with Crippen molar-refractivity contribution in [2.24, 2.45) is 0 Å². The zero-order valence-corrected chi connectivity index (χ0v) is 13.4. The van der Waals surface area contributed by atoms with Gasteiger partial charge in [-0.1, -0.05) is 42.5 Å². The highest BCUT2D eigenvalue weighted by Gasteiger charge is 2.31. The Kier molecular flexibility index (Phi) is 3.46. The van der Waals surface area contributed by atoms with Gasteiger partial charge in [0.1, 0.15) is 0 Å². The lowest BCUT2D eigenvalue weighted by Crippen LogP contribution is -2.49. The first-order valence-corrected chi connectivity index (χ1v) is 9.98. The van der Waals surface area contributed by atoms with E-state index >= 15 is 0 Å². The second-order valence-electron chi connectivity index (χ2n) is 5.61. The van der Waals surface area contributed by atoms with Crippen molar-refractivity contribution in [2.75, 3.05) is 5.32 Å². The SMILES string of the molecule is C[Si](C)(c1ccccc1)n1c(NC(=O)O)nc2ccccc21. The van der Waals surface area contributed by atoms with E-state index in [9.17, 15) is 4.79 Å². The zero-order chi connectivity index (χ0) is 15.7. The van der Waals surface area contributed by atoms with Gasteiger partial charge in [0.2, 0.25) is 5.95 Å². The van der Waals surface area contributed by atoms with Crippen LogP contribution in [0.2, 0.25) is 13.1 Å². The van der Waals surface area contributed by atoms with Crippen LogP contribution in [-0.2, 0) is 0 Å². The fourth-order valence-electron chi connectivity index (χ4n) is 2.75. The summed E-state index contributed by atoms with van der Waals surface area (Å²) >= 11 is 0. The van der Waals surface area contributed by atoms with E-state index in [2.05, 4.69) is 39.8 Å². The molecule has 1 heterocycles. The van der Waals surface area contributed by atoms with Gasteiger partial charge in [0.25, 0.3) is 0 Å². The number of anilines is 1. The van der Waals surface area contributed by atoms with E-state index in [0.717, 1.165) is 11.0 Å². The summed E-state index contributed by atoms with van der Waals surface area (Å²) in [6.07, 6.45) is -1.10. The number of para-hydroxylation sites is 2. The van der Waals surface area contributed by atoms with Gasteiger partial charge in [-0.3, -0.25) is 5.32 Å². The minimum absolute atomic E-state index is 0.384. The monoisotopic (exact) mass is 311 g/mol. The van der Waals surface area contributed by atoms with Crippen LogP contribution in [0.15, 0.2) is 54.6 Å². The molecule has 1 aromatic heterocycles. The minimum Gasteiger partial charge on any atom is -0.465 e. The van der Waals surface area contributed by atoms with Crippen molar-refractivity contribution in [3.8, 4) is 0 Å². The van der Waals surface area contributed by atoms with E-state index in [1.807, 2.05) is 42.5 Å². The fraction of sp³-hybridized carbons (Fsp3) is 0.125. The topological polar surface area (TPSA) is 67.2 Å². The van der Waals surface area contributed by atoms with E-state index < -0.39 is 14.3 Å². The summed E-state index contributed by atoms with van der Waals surface area (Å²) < 4.78 is 2.06. The summed E-state index contributed by atoms with van der Waals surface area (Å²) in [4.78, 5) is 15.6. The number of amides is 1. The third-order valence-electron chi connectivity index (χ3n) is 3.82. The third kappa shape index (κ3) is 2.37. The second-order valence-corrected chi connectivity index (χ2v) is 9.76. The smallest absolute Gasteiger partial charge is 0.411 e. The molecule has 0 radical (unpaired) electrons. The first kappa shape index (κ1) is 14.3. The summed E-state index contributed by atoms with van der Waals surface area (Å²) in [5, 5.41) is 12.8. The highest BCUT2D eigenvalue weighted by molar-refractivity contribution is 6.89. The summed E-state index contributed by atoms with van der Waals surface area (Å²) in [6, 6.07) is 17.9. The largest absolute Gasteiger partial charge is 0.465 e. The molecule has 0 fully saturated rings. The van der Waals surface area contributed by atoms with Crippen molar-refractivity contribution in [2.45, 2.75) is 13.1 Å². The normalized spacial score (nSPS) is 11.5. The van der Waals surface area contributed by atoms with Crippen molar-refractivity contribution < 1.29 is 9.90 Å². The van der Waals surface area contributed by atoms with Gasteiger partial charge >= 0.3 is 6.09 Å². The number of hydrogen-bond acceptors (Lipinski definition) is 2. The first-order valence-electron chi connectivity index (χ1n) is 7.03. The van der Waals surface area contributed by atoms with Gasteiger partial charge in [0.15, 0.2) is 8.24 Å². The highest BCUT2D eigenvalue weighted by atomic mass is 28.3. The van der Waals surface area contributed by atoms with E-state index in [0.29, 0.717) is 5.95 Å². The molecule has 6 heteroatoms. The minimum atomic E-state index is -2.15. The van der Waals surface area contributed by atoms with Crippen molar-refractivity contribution in [3.05, 3.63) is 54.6 Å². The Morgan fingerprint density at radius 2 is 1.73 bits per heavy atom. The molecule has 0 bridgehead atoms. The molecule has 112 valence electrons. The van der Waals surface area contributed by atoms with Crippen molar-refractivity contribution in [1.82, 2.24) is 9.22 Å². The standard InChI is InChI=1S/C16H17N3O2Si/c1-22(2,12-8-4-3-5-9-12)19-14-11-7-6-10-13(14)17-15(19)18-16(20)21/h3-11H,1-2H3,(H,17,18)(H,20,21). The number of nitrogens with one attached hydrogen (secondary N) is 1. The Hall–Kier alpha value is -2.60. The molecule has 0 aliphatic heterocycles. The zero-order valence-electron chi connectivity index (χ0n) is 12.4. The number of imidazole rings is 1. The molecule has 3 rings (SSSR count). The number of benzene rings is 2. The van der Waals surface area contributed by atoms with Crippen LogP contribution in [0.1, 0.15) is 0 Å². The van der Waals surface area contributed by atoms with Crippen molar-refractivity contribution >= 4 is 36.5 Å². The molecule has 0 saturated carbocycles. The molecule has 0 spiro atoms. The molecule has 1 amide bonds. The van der Waals surface area contributed by atoms with Crippen LogP contribution in [-0.4, -0.2) is 28.7 Å². The van der Waals surface area contributed by atoms with Crippen molar-refractivity contribution in [1.29, 1.82) is 0 Å². The molecular formula is C16H17N3O2Si. The molecule has 0 aliphatic carbocycles. The molecule has 0 unspecified atom stereocenters. The third-order valence-corrected chi connectivity index (χ3v) is 7.14. The number of carboxylic acid groups (broad SMARTS) is 1. The molecule has 0 aliphatic rings. The molecular weight excluding hydrogens is 294 g/mol. The van der Waals surface area contributed by atoms with Crippen molar-refractivity contribution in [3.63, 3.8) is 0 Å². The summed E-state index contributed by atoms with van der Waals surface area (Å²) in [7, 11) is -2.15. The van der Waals surface area contributed by atoms with Gasteiger partial charge in [-0.05, 0) is 30.4 Å². The lowest BCUT2D eigenvalue weighted by molar-refractivity contribution is 0.209. The van der Waals surface area contributed by atoms with Gasteiger partial charge in [-0.2, -0.15) is 0 Å². The van der Waals surface area contributed by atoms with Crippen LogP contribution < -0.4 is 10.5 Å². The van der Waals surface area contributed by atoms with Crippen LogP contribution in [0.4, 0.5) is 10.7 Å². The lowest BCUT2D eigenvalue weighted by atomic mass is 10.3. The number of hydrogen-bond donors (Lipinski definition) is 2. The number of fused-ring (bicyclic) bond motifs is 1. The van der Waals surface area contributed by atoms with Crippen LogP contribution in [0.5, 0.6) is 0 Å². The molecule has 0 saturated heterocycles. The molecule has 2 N–H and O–H groups in total. The van der Waals surface area contributed by atoms with Crippen LogP contribution in [0.25, 0.3) is 11.0 Å². The fourth-order valence-corrected chi connectivity index (χ4v) is 5.44. The average Bonchev–Trinajstić information content (AvgIpc) is 2.85. The van der Waals surface area contributed by atoms with Gasteiger partial charge < -0.3 is 9.34 Å². The van der Waals surface area contributed by atoms with E-state index in [1.165, 1.54) is 5.19 Å². The van der Waals surface area contributed by atoms with Crippen LogP contribution in [0, 0.1) is 0 Å². The van der Waals surface area contributed by atoms with Gasteiger partial charge in [-0.25, -0.2) is 9.78 Å². The Morgan fingerprint density at radius 3 is 2.41 bits per heavy atom. The number of carbonyl (C=O) groups is 1. The predicted molar refractivity (Wildman–Crippen MR) is 90.3 cm³/mol. The maximum atomic E-state index is 11.1. The Labute approximate surface area is 129 Å². The van der Waals surface area contributed by atoms with Crippen LogP contribution in [0.3, 0.4) is 0 Å². The molecule has 22 heavy (non-hydrogen) atoms. The summed E-state index contributed by atoms with van der Waals surface area (Å²) in [5.41, 5.74) is 1.74. The number of aromatic nitrogens is 2. The maximum Gasteiger partial charge on any atom is 0.411 e. The maximum absolute atomic E-state index is 11.1. The van der Waals surface area contributed by atoms with Gasteiger partial charge in [0, 0.05) is 0 Å². The Bertz CT molecular complexity index is 828. The lowest BCUT2D eigenvalue weighted by Gasteiger charge is -2.27. The molecule has 5 nitrogen and oxygen atoms in total. The van der Waals surface area contributed by atoms with E-state index in [1.54, 1.807) is 0 Å². The summed E-state index contributed by atoms with van der Waals surface area (Å²) in [6.45, 7) is 4.37. The van der Waals surface area contributed by atoms with E-state index in [4.69, 9.17) is 5.11 Å². The quantitative estimate of drug-likeness (QED) is 0.730. The number of rotatable bonds is 3. The number of nitrogens with zero attached hydrogens (tertiary/aromatic N) is 2. The molecule has 3 aromatic rings. The van der Waals surface area contributed by atoms with Gasteiger partial charge in [0.05, 0.1) is 11.0 Å². The average molecular weight is 311 g/mol. The Balaban J connectivity index is 2.26. The highest BCUT2D eigenvalue weighted by Crippen LogP contribution is 2.24. The van der Waals surface area contributed by atoms with Crippen LogP contribution >= 0.6 is 0 Å². The predicted octanol–water partition coefficient (Wildman–Crippen LogP) is 3.09. The first-order chi connectivity index (χ1) is 10.5. The molecule has 2 aromatic carbocycles. The van der Waals surface area contributed by atoms with Gasteiger partial charge in [-0.15, -0.1) is 0 Å². The molecule has 0 atom stereocenters. The Morgan fingerprint density at radius 1 is 1.09 bits per heavy atom. The summed E-state index contributed by atoms with van der Waals surface area (Å²) in [5.74, 6) is 0.384.